The maximum atomic E-state index is 12.7. The molecule has 0 unspecified atom stereocenters. The van der Waals surface area contributed by atoms with Crippen molar-refractivity contribution in [3.63, 3.8) is 0 Å². The number of hydrogen-bond acceptors (Lipinski definition) is 5. The Morgan fingerprint density at radius 3 is 2.45 bits per heavy atom. The molecule has 33 heavy (non-hydrogen) atoms. The van der Waals surface area contributed by atoms with Crippen LogP contribution in [0.5, 0.6) is 0 Å². The second kappa shape index (κ2) is 10.2. The molecule has 0 saturated carbocycles. The summed E-state index contributed by atoms with van der Waals surface area (Å²) in [4.78, 5) is 29.5. The number of rotatable bonds is 8. The molecule has 0 radical (unpaired) electrons. The fourth-order valence-corrected chi connectivity index (χ4v) is 4.16. The Labute approximate surface area is 197 Å². The van der Waals surface area contributed by atoms with Crippen molar-refractivity contribution in [1.82, 2.24) is 24.5 Å². The molecule has 1 atom stereocenters. The Bertz CT molecular complexity index is 1260. The number of halogens is 1. The van der Waals surface area contributed by atoms with E-state index in [0.29, 0.717) is 10.8 Å². The highest BCUT2D eigenvalue weighted by Crippen LogP contribution is 2.22. The zero-order valence-corrected chi connectivity index (χ0v) is 19.9. The van der Waals surface area contributed by atoms with Crippen LogP contribution in [-0.4, -0.2) is 54.7 Å². The van der Waals surface area contributed by atoms with Crippen molar-refractivity contribution in [3.05, 3.63) is 82.9 Å². The lowest BCUT2D eigenvalue weighted by molar-refractivity contribution is -0.120. The molecule has 0 aliphatic heterocycles. The lowest BCUT2D eigenvalue weighted by Gasteiger charge is -2.19. The molecule has 0 aliphatic rings. The van der Waals surface area contributed by atoms with Crippen LogP contribution in [0.1, 0.15) is 27.8 Å². The molecule has 0 fully saturated rings. The van der Waals surface area contributed by atoms with E-state index in [2.05, 4.69) is 15.6 Å². The second-order valence-electron chi connectivity index (χ2n) is 7.45. The number of imidazole rings is 1. The molecular weight excluding hydrogens is 466 g/mol. The zero-order chi connectivity index (χ0) is 24.2. The summed E-state index contributed by atoms with van der Waals surface area (Å²) in [5.74, 6) is -0.400. The Balaban J connectivity index is 1.71. The van der Waals surface area contributed by atoms with Crippen molar-refractivity contribution < 1.29 is 18.0 Å². The number of carbonyl (C=O) groups excluding carboxylic acids is 2. The van der Waals surface area contributed by atoms with Crippen molar-refractivity contribution in [2.75, 3.05) is 20.6 Å². The molecule has 11 heteroatoms. The van der Waals surface area contributed by atoms with E-state index in [4.69, 9.17) is 11.6 Å². The van der Waals surface area contributed by atoms with E-state index in [9.17, 15) is 18.0 Å². The molecule has 1 heterocycles. The van der Waals surface area contributed by atoms with Crippen molar-refractivity contribution >= 4 is 33.4 Å². The van der Waals surface area contributed by atoms with Crippen molar-refractivity contribution in [3.8, 4) is 0 Å². The molecular formula is C22H24ClN5O4S. The van der Waals surface area contributed by atoms with Crippen LogP contribution in [0.25, 0.3) is 0 Å². The fourth-order valence-electron chi connectivity index (χ4n) is 3.09. The fraction of sp³-hybridized carbons (Fsp3) is 0.227. The largest absolute Gasteiger partial charge is 0.343 e. The Hall–Kier alpha value is -3.21. The minimum absolute atomic E-state index is 0.0119. The third-order valence-electron chi connectivity index (χ3n) is 4.91. The van der Waals surface area contributed by atoms with Crippen molar-refractivity contribution in [2.24, 2.45) is 7.05 Å². The van der Waals surface area contributed by atoms with Crippen LogP contribution in [-0.2, 0) is 21.9 Å². The Morgan fingerprint density at radius 1 is 1.15 bits per heavy atom. The van der Waals surface area contributed by atoms with E-state index in [1.807, 2.05) is 7.05 Å². The predicted octanol–water partition coefficient (Wildman–Crippen LogP) is 1.96. The summed E-state index contributed by atoms with van der Waals surface area (Å²) < 4.78 is 27.5. The number of nitrogens with zero attached hydrogens (tertiary/aromatic N) is 3. The number of sulfonamides is 1. The maximum Gasteiger partial charge on any atom is 0.251 e. The van der Waals surface area contributed by atoms with E-state index >= 15 is 0 Å². The molecule has 0 spiro atoms. The molecule has 9 nitrogen and oxygen atoms in total. The van der Waals surface area contributed by atoms with E-state index in [1.165, 1.54) is 38.4 Å². The van der Waals surface area contributed by atoms with Gasteiger partial charge in [0.05, 0.1) is 11.4 Å². The van der Waals surface area contributed by atoms with Gasteiger partial charge in [-0.2, -0.15) is 0 Å². The molecule has 0 saturated heterocycles. The molecule has 174 valence electrons. The Kier molecular flexibility index (Phi) is 7.52. The van der Waals surface area contributed by atoms with Gasteiger partial charge in [-0.3, -0.25) is 9.59 Å². The summed E-state index contributed by atoms with van der Waals surface area (Å²) in [6, 6.07) is 12.1. The number of benzene rings is 2. The van der Waals surface area contributed by atoms with Gasteiger partial charge in [0.2, 0.25) is 15.9 Å². The first kappa shape index (κ1) is 24.4. The molecule has 2 amide bonds. The van der Waals surface area contributed by atoms with Gasteiger partial charge in [-0.25, -0.2) is 17.7 Å². The van der Waals surface area contributed by atoms with Gasteiger partial charge in [-0.15, -0.1) is 0 Å². The normalized spacial score (nSPS) is 12.4. The number of aromatic nitrogens is 2. The lowest BCUT2D eigenvalue weighted by atomic mass is 10.1. The number of hydrogen-bond donors (Lipinski definition) is 2. The number of nitrogens with one attached hydrogen (secondary N) is 2. The van der Waals surface area contributed by atoms with Gasteiger partial charge in [0, 0.05) is 44.1 Å². The number of carbonyl (C=O) groups is 2. The SMILES string of the molecule is CN(C)S(=O)(=O)c1cccc(C(=O)NCC(=O)N[C@@H](c2ccc(Cl)cc2)c2nccn2C)c1. The van der Waals surface area contributed by atoms with Crippen molar-refractivity contribution in [1.29, 1.82) is 0 Å². The number of amides is 2. The summed E-state index contributed by atoms with van der Waals surface area (Å²) in [6.45, 7) is -0.308. The minimum Gasteiger partial charge on any atom is -0.343 e. The van der Waals surface area contributed by atoms with Gasteiger partial charge in [0.1, 0.15) is 11.9 Å². The summed E-state index contributed by atoms with van der Waals surface area (Å²) >= 11 is 5.98. The van der Waals surface area contributed by atoms with Gasteiger partial charge in [-0.1, -0.05) is 29.8 Å². The summed E-state index contributed by atoms with van der Waals surface area (Å²) in [5, 5.41) is 5.96. The average molecular weight is 490 g/mol. The smallest absolute Gasteiger partial charge is 0.251 e. The van der Waals surface area contributed by atoms with Gasteiger partial charge in [-0.05, 0) is 35.9 Å². The van der Waals surface area contributed by atoms with Crippen LogP contribution in [0.4, 0.5) is 0 Å². The van der Waals surface area contributed by atoms with Gasteiger partial charge >= 0.3 is 0 Å². The van der Waals surface area contributed by atoms with Gasteiger partial charge in [0.25, 0.3) is 5.91 Å². The highest BCUT2D eigenvalue weighted by molar-refractivity contribution is 7.89. The lowest BCUT2D eigenvalue weighted by Crippen LogP contribution is -2.39. The first-order valence-corrected chi connectivity index (χ1v) is 11.7. The molecule has 1 aromatic heterocycles. The first-order chi connectivity index (χ1) is 15.6. The van der Waals surface area contributed by atoms with E-state index in [-0.39, 0.29) is 17.0 Å². The predicted molar refractivity (Wildman–Crippen MR) is 124 cm³/mol. The minimum atomic E-state index is -3.69. The standard InChI is InChI=1S/C22H24ClN5O4S/c1-27(2)33(31,32)18-6-4-5-16(13-18)22(30)25-14-19(29)26-20(21-24-11-12-28(21)3)15-7-9-17(23)10-8-15/h4-13,20H,14H2,1-3H3,(H,25,30)(H,26,29)/t20-/m0/s1. The molecule has 0 aliphatic carbocycles. The van der Waals surface area contributed by atoms with Crippen LogP contribution < -0.4 is 10.6 Å². The van der Waals surface area contributed by atoms with Gasteiger partial charge in [0.15, 0.2) is 0 Å². The van der Waals surface area contributed by atoms with Crippen LogP contribution in [0.2, 0.25) is 5.02 Å². The summed E-state index contributed by atoms with van der Waals surface area (Å²) in [7, 11) is 0.942. The Morgan fingerprint density at radius 2 is 1.85 bits per heavy atom. The summed E-state index contributed by atoms with van der Waals surface area (Å²) in [5.41, 5.74) is 0.902. The summed E-state index contributed by atoms with van der Waals surface area (Å²) in [6.07, 6.45) is 3.39. The van der Waals surface area contributed by atoms with E-state index in [0.717, 1.165) is 9.87 Å². The maximum absolute atomic E-state index is 12.7. The second-order valence-corrected chi connectivity index (χ2v) is 10.0. The van der Waals surface area contributed by atoms with Crippen molar-refractivity contribution in [2.45, 2.75) is 10.9 Å². The highest BCUT2D eigenvalue weighted by Gasteiger charge is 2.22. The van der Waals surface area contributed by atoms with Crippen LogP contribution in [0.15, 0.2) is 65.8 Å². The van der Waals surface area contributed by atoms with E-state index in [1.54, 1.807) is 41.2 Å². The molecule has 3 rings (SSSR count). The topological polar surface area (TPSA) is 113 Å². The molecule has 2 N–H and O–H groups in total. The zero-order valence-electron chi connectivity index (χ0n) is 18.3. The van der Waals surface area contributed by atoms with Crippen LogP contribution >= 0.6 is 11.6 Å². The number of aryl methyl sites for hydroxylation is 1. The van der Waals surface area contributed by atoms with Crippen LogP contribution in [0.3, 0.4) is 0 Å². The molecule has 2 aromatic carbocycles. The average Bonchev–Trinajstić information content (AvgIpc) is 3.22. The first-order valence-electron chi connectivity index (χ1n) is 9.92. The van der Waals surface area contributed by atoms with Gasteiger partial charge < -0.3 is 15.2 Å². The quantitative estimate of drug-likeness (QED) is 0.502. The van der Waals surface area contributed by atoms with Crippen LogP contribution in [0, 0.1) is 0 Å². The third-order valence-corrected chi connectivity index (χ3v) is 6.97. The molecule has 0 bridgehead atoms. The highest BCUT2D eigenvalue weighted by atomic mass is 35.5. The monoisotopic (exact) mass is 489 g/mol. The molecule has 3 aromatic rings. The van der Waals surface area contributed by atoms with E-state index < -0.39 is 27.9 Å². The third kappa shape index (κ3) is 5.78.